The monoisotopic (exact) mass is 381 g/mol. The normalized spacial score (nSPS) is 19.0. The Balaban J connectivity index is 1.54. The zero-order valence-corrected chi connectivity index (χ0v) is 15.8. The number of hydrogen-bond acceptors (Lipinski definition) is 4. The van der Waals surface area contributed by atoms with Crippen LogP contribution in [0.2, 0.25) is 5.02 Å². The second-order valence-electron chi connectivity index (χ2n) is 6.53. The van der Waals surface area contributed by atoms with Crippen molar-refractivity contribution >= 4 is 40.7 Å². The summed E-state index contributed by atoms with van der Waals surface area (Å²) >= 11 is 5.93. The van der Waals surface area contributed by atoms with Crippen molar-refractivity contribution in [1.29, 1.82) is 0 Å². The SMILES string of the molecule is CC1=NN(c2ccc(Cl)cc2)C(=O)/C1=C/c1ccc(N2CCOCC2)cc1. The maximum Gasteiger partial charge on any atom is 0.280 e. The van der Waals surface area contributed by atoms with Crippen LogP contribution in [0.4, 0.5) is 11.4 Å². The minimum Gasteiger partial charge on any atom is -0.378 e. The van der Waals surface area contributed by atoms with Crippen molar-refractivity contribution in [3.05, 3.63) is 64.7 Å². The molecule has 2 aliphatic heterocycles. The van der Waals surface area contributed by atoms with E-state index in [2.05, 4.69) is 22.1 Å². The van der Waals surface area contributed by atoms with Crippen LogP contribution in [0, 0.1) is 0 Å². The number of benzene rings is 2. The minimum absolute atomic E-state index is 0.132. The average molecular weight is 382 g/mol. The molecule has 4 rings (SSSR count). The second kappa shape index (κ2) is 7.55. The van der Waals surface area contributed by atoms with Crippen LogP contribution in [0.25, 0.3) is 6.08 Å². The number of halogens is 1. The highest BCUT2D eigenvalue weighted by atomic mass is 35.5. The predicted octanol–water partition coefficient (Wildman–Crippen LogP) is 3.98. The summed E-state index contributed by atoms with van der Waals surface area (Å²) < 4.78 is 5.40. The lowest BCUT2D eigenvalue weighted by atomic mass is 10.1. The lowest BCUT2D eigenvalue weighted by molar-refractivity contribution is -0.114. The largest absolute Gasteiger partial charge is 0.378 e. The van der Waals surface area contributed by atoms with Gasteiger partial charge in [-0.2, -0.15) is 10.1 Å². The first-order valence-corrected chi connectivity index (χ1v) is 9.30. The van der Waals surface area contributed by atoms with Crippen LogP contribution in [0.5, 0.6) is 0 Å². The van der Waals surface area contributed by atoms with Gasteiger partial charge in [-0.05, 0) is 55.0 Å². The Morgan fingerprint density at radius 2 is 1.63 bits per heavy atom. The molecule has 2 aromatic carbocycles. The zero-order valence-electron chi connectivity index (χ0n) is 15.1. The minimum atomic E-state index is -0.132. The third-order valence-corrected chi connectivity index (χ3v) is 4.97. The summed E-state index contributed by atoms with van der Waals surface area (Å²) in [6.45, 7) is 5.18. The standard InChI is InChI=1S/C21H20ClN3O2/c1-15-20(21(26)25(23-15)19-8-4-17(22)5-9-19)14-16-2-6-18(7-3-16)24-10-12-27-13-11-24/h2-9,14H,10-13H2,1H3/b20-14+. The summed E-state index contributed by atoms with van der Waals surface area (Å²) in [6.07, 6.45) is 1.89. The first-order chi connectivity index (χ1) is 13.1. The number of amides is 1. The van der Waals surface area contributed by atoms with Gasteiger partial charge in [-0.25, -0.2) is 0 Å². The molecule has 2 heterocycles. The number of carbonyl (C=O) groups excluding carboxylic acids is 1. The number of nitrogens with zero attached hydrogens (tertiary/aromatic N) is 3. The van der Waals surface area contributed by atoms with Gasteiger partial charge < -0.3 is 9.64 Å². The van der Waals surface area contributed by atoms with Crippen LogP contribution < -0.4 is 9.91 Å². The van der Waals surface area contributed by atoms with Gasteiger partial charge >= 0.3 is 0 Å². The molecule has 5 nitrogen and oxygen atoms in total. The van der Waals surface area contributed by atoms with Gasteiger partial charge in [0.25, 0.3) is 5.91 Å². The van der Waals surface area contributed by atoms with Gasteiger partial charge in [0.2, 0.25) is 0 Å². The van der Waals surface area contributed by atoms with E-state index >= 15 is 0 Å². The molecule has 1 amide bonds. The lowest BCUT2D eigenvalue weighted by Gasteiger charge is -2.28. The summed E-state index contributed by atoms with van der Waals surface area (Å²) in [4.78, 5) is 15.1. The van der Waals surface area contributed by atoms with E-state index in [9.17, 15) is 4.79 Å². The Kier molecular flexibility index (Phi) is 4.97. The number of hydrogen-bond donors (Lipinski definition) is 0. The number of morpholine rings is 1. The molecule has 0 N–H and O–H groups in total. The van der Waals surface area contributed by atoms with Gasteiger partial charge in [-0.3, -0.25) is 4.79 Å². The van der Waals surface area contributed by atoms with Crippen LogP contribution in [0.1, 0.15) is 12.5 Å². The van der Waals surface area contributed by atoms with Gasteiger partial charge in [0.15, 0.2) is 0 Å². The molecular weight excluding hydrogens is 362 g/mol. The molecule has 0 saturated carbocycles. The molecule has 0 atom stereocenters. The molecule has 138 valence electrons. The summed E-state index contributed by atoms with van der Waals surface area (Å²) in [6, 6.07) is 15.3. The molecule has 0 aliphatic carbocycles. The van der Waals surface area contributed by atoms with E-state index in [4.69, 9.17) is 16.3 Å². The summed E-state index contributed by atoms with van der Waals surface area (Å²) in [7, 11) is 0. The van der Waals surface area contributed by atoms with E-state index < -0.39 is 0 Å². The Morgan fingerprint density at radius 3 is 2.30 bits per heavy atom. The van der Waals surface area contributed by atoms with E-state index in [0.29, 0.717) is 22.0 Å². The maximum absolute atomic E-state index is 12.8. The van der Waals surface area contributed by atoms with Crippen LogP contribution >= 0.6 is 11.6 Å². The van der Waals surface area contributed by atoms with Gasteiger partial charge in [-0.1, -0.05) is 23.7 Å². The molecule has 0 spiro atoms. The summed E-state index contributed by atoms with van der Waals surface area (Å²) in [5.74, 6) is -0.132. The maximum atomic E-state index is 12.8. The molecule has 0 unspecified atom stereocenters. The van der Waals surface area contributed by atoms with Crippen LogP contribution in [0.15, 0.2) is 59.2 Å². The molecule has 0 radical (unpaired) electrons. The second-order valence-corrected chi connectivity index (χ2v) is 6.96. The Labute approximate surface area is 163 Å². The molecule has 2 aliphatic rings. The highest BCUT2D eigenvalue weighted by molar-refractivity contribution is 6.32. The highest BCUT2D eigenvalue weighted by Gasteiger charge is 2.28. The van der Waals surface area contributed by atoms with Gasteiger partial charge in [-0.15, -0.1) is 0 Å². The fourth-order valence-electron chi connectivity index (χ4n) is 3.21. The number of anilines is 2. The smallest absolute Gasteiger partial charge is 0.280 e. The number of carbonyl (C=O) groups is 1. The Hall–Kier alpha value is -2.63. The fraction of sp³-hybridized carbons (Fsp3) is 0.238. The number of ether oxygens (including phenoxy) is 1. The molecule has 27 heavy (non-hydrogen) atoms. The van der Waals surface area contributed by atoms with Crippen molar-refractivity contribution < 1.29 is 9.53 Å². The van der Waals surface area contributed by atoms with Crippen molar-refractivity contribution in [1.82, 2.24) is 0 Å². The summed E-state index contributed by atoms with van der Waals surface area (Å²) in [5.41, 5.74) is 4.15. The lowest BCUT2D eigenvalue weighted by Crippen LogP contribution is -2.36. The third kappa shape index (κ3) is 3.75. The molecule has 0 bridgehead atoms. The predicted molar refractivity (Wildman–Crippen MR) is 109 cm³/mol. The molecule has 1 saturated heterocycles. The van der Waals surface area contributed by atoms with E-state index in [1.54, 1.807) is 24.3 Å². The Morgan fingerprint density at radius 1 is 1.00 bits per heavy atom. The molecule has 6 heteroatoms. The highest BCUT2D eigenvalue weighted by Crippen LogP contribution is 2.26. The first kappa shape index (κ1) is 17.8. The fourth-order valence-corrected chi connectivity index (χ4v) is 3.34. The van der Waals surface area contributed by atoms with Crippen molar-refractivity contribution in [2.75, 3.05) is 36.2 Å². The zero-order chi connectivity index (χ0) is 18.8. The molecular formula is C21H20ClN3O2. The van der Waals surface area contributed by atoms with Crippen molar-refractivity contribution in [2.45, 2.75) is 6.92 Å². The van der Waals surface area contributed by atoms with E-state index in [1.165, 1.54) is 10.7 Å². The van der Waals surface area contributed by atoms with Crippen LogP contribution in [-0.2, 0) is 9.53 Å². The van der Waals surface area contributed by atoms with Gasteiger partial charge in [0, 0.05) is 23.8 Å². The first-order valence-electron chi connectivity index (χ1n) is 8.92. The van der Waals surface area contributed by atoms with Crippen molar-refractivity contribution in [3.8, 4) is 0 Å². The Bertz CT molecular complexity index is 898. The van der Waals surface area contributed by atoms with Crippen LogP contribution in [-0.4, -0.2) is 37.9 Å². The number of rotatable bonds is 3. The third-order valence-electron chi connectivity index (χ3n) is 4.71. The van der Waals surface area contributed by atoms with Gasteiger partial charge in [0.05, 0.1) is 30.2 Å². The van der Waals surface area contributed by atoms with Crippen molar-refractivity contribution in [2.24, 2.45) is 5.10 Å². The number of hydrazone groups is 1. The quantitative estimate of drug-likeness (QED) is 0.755. The topological polar surface area (TPSA) is 45.1 Å². The van der Waals surface area contributed by atoms with E-state index in [1.807, 2.05) is 25.1 Å². The molecule has 2 aromatic rings. The van der Waals surface area contributed by atoms with Gasteiger partial charge in [0.1, 0.15) is 0 Å². The van der Waals surface area contributed by atoms with E-state index in [-0.39, 0.29) is 5.91 Å². The van der Waals surface area contributed by atoms with E-state index in [0.717, 1.165) is 31.9 Å². The molecule has 1 fully saturated rings. The average Bonchev–Trinajstić information content (AvgIpc) is 2.98. The summed E-state index contributed by atoms with van der Waals surface area (Å²) in [5, 5.41) is 6.45. The van der Waals surface area contributed by atoms with Crippen LogP contribution in [0.3, 0.4) is 0 Å². The molecule has 0 aromatic heterocycles. The van der Waals surface area contributed by atoms with Crippen molar-refractivity contribution in [3.63, 3.8) is 0 Å².